The van der Waals surface area contributed by atoms with Gasteiger partial charge in [-0.05, 0) is 6.42 Å². The van der Waals surface area contributed by atoms with E-state index in [2.05, 4.69) is 6.92 Å². The van der Waals surface area contributed by atoms with Gasteiger partial charge in [-0.1, -0.05) is 58.3 Å². The average Bonchev–Trinajstić information content (AvgIpc) is 2.45. The summed E-state index contributed by atoms with van der Waals surface area (Å²) in [6, 6.07) is 0. The zero-order chi connectivity index (χ0) is 17.7. The number of carboxylic acids is 1. The Hall–Kier alpha value is 0.486. The van der Waals surface area contributed by atoms with Gasteiger partial charge in [0.15, 0.2) is 5.25 Å². The molecule has 9 heteroatoms. The van der Waals surface area contributed by atoms with Crippen molar-refractivity contribution >= 4 is 22.1 Å². The molecule has 138 valence electrons. The summed E-state index contributed by atoms with van der Waals surface area (Å²) in [6.07, 6.45) is 8.73. The molecule has 2 N–H and O–H groups in total. The fraction of sp³-hybridized carbons (Fsp3) is 0.867. The molecule has 0 aliphatic heterocycles. The minimum Gasteiger partial charge on any atom is -1.00 e. The van der Waals surface area contributed by atoms with E-state index in [1.165, 1.54) is 32.1 Å². The summed E-state index contributed by atoms with van der Waals surface area (Å²) in [5, 5.41) is 6.50. The van der Waals surface area contributed by atoms with Gasteiger partial charge in [-0.2, -0.15) is 8.42 Å². The Kier molecular flexibility index (Phi) is 17.5. The van der Waals surface area contributed by atoms with Gasteiger partial charge in [-0.3, -0.25) is 14.1 Å². The second kappa shape index (κ2) is 15.7. The molecule has 0 amide bonds. The SMILES string of the molecule is CCCCCCCCCCCOC(=O)C(CC(=O)O)S(=O)(=O)O.[H-].[K+]. The van der Waals surface area contributed by atoms with Crippen molar-refractivity contribution in [2.45, 2.75) is 76.4 Å². The number of hydrogen-bond donors (Lipinski definition) is 2. The Morgan fingerprint density at radius 1 is 1.00 bits per heavy atom. The topological polar surface area (TPSA) is 118 Å². The summed E-state index contributed by atoms with van der Waals surface area (Å²) in [7, 11) is -4.78. The zero-order valence-corrected chi connectivity index (χ0v) is 18.6. The number of hydrogen-bond acceptors (Lipinski definition) is 5. The van der Waals surface area contributed by atoms with Crippen molar-refractivity contribution in [3.05, 3.63) is 0 Å². The van der Waals surface area contributed by atoms with E-state index < -0.39 is 33.7 Å². The molecule has 0 radical (unpaired) electrons. The van der Waals surface area contributed by atoms with Crippen LogP contribution in [0.25, 0.3) is 0 Å². The largest absolute Gasteiger partial charge is 1.00 e. The average molecular weight is 393 g/mol. The van der Waals surface area contributed by atoms with Crippen LogP contribution < -0.4 is 51.4 Å². The molecule has 1 unspecified atom stereocenters. The van der Waals surface area contributed by atoms with E-state index in [4.69, 9.17) is 14.4 Å². The Labute approximate surface area is 188 Å². The third kappa shape index (κ3) is 14.8. The third-order valence-electron chi connectivity index (χ3n) is 3.47. The molecule has 0 aromatic rings. The van der Waals surface area contributed by atoms with Crippen LogP contribution in [0.1, 0.15) is 72.6 Å². The van der Waals surface area contributed by atoms with Crippen molar-refractivity contribution in [2.24, 2.45) is 0 Å². The molecule has 7 nitrogen and oxygen atoms in total. The van der Waals surface area contributed by atoms with Crippen LogP contribution in [0.4, 0.5) is 0 Å². The zero-order valence-electron chi connectivity index (χ0n) is 15.7. The summed E-state index contributed by atoms with van der Waals surface area (Å²) in [5.74, 6) is -2.71. The van der Waals surface area contributed by atoms with Crippen molar-refractivity contribution in [3.63, 3.8) is 0 Å². The van der Waals surface area contributed by atoms with Crippen molar-refractivity contribution in [1.29, 1.82) is 0 Å². The number of carboxylic acid groups (broad SMARTS) is 1. The van der Waals surface area contributed by atoms with Gasteiger partial charge in [0.25, 0.3) is 10.1 Å². The molecule has 0 saturated heterocycles. The molecule has 0 rings (SSSR count). The first-order chi connectivity index (χ1) is 10.8. The number of carbonyl (C=O) groups is 2. The molecule has 0 spiro atoms. The number of unbranched alkanes of at least 4 members (excludes halogenated alkanes) is 8. The van der Waals surface area contributed by atoms with Crippen LogP contribution in [0.15, 0.2) is 0 Å². The standard InChI is InChI=1S/C15H28O7S.K.H/c1-2-3-4-5-6-7-8-9-10-11-22-15(18)13(12-14(16)17)23(19,20)21;;/h13H,2-12H2,1H3,(H,16,17)(H,19,20,21);;/q;+1;-1. The molecule has 0 aliphatic rings. The van der Waals surface area contributed by atoms with E-state index in [1.54, 1.807) is 0 Å². The van der Waals surface area contributed by atoms with Crippen LogP contribution >= 0.6 is 0 Å². The maximum absolute atomic E-state index is 11.5. The molecule has 0 saturated carbocycles. The van der Waals surface area contributed by atoms with Crippen molar-refractivity contribution in [1.82, 2.24) is 0 Å². The first kappa shape index (κ1) is 26.7. The quantitative estimate of drug-likeness (QED) is 0.183. The molecule has 0 heterocycles. The minimum atomic E-state index is -4.78. The Balaban J connectivity index is -0.00000242. The molecular formula is C15H29KO7S. The summed E-state index contributed by atoms with van der Waals surface area (Å²) >= 11 is 0. The van der Waals surface area contributed by atoms with Crippen LogP contribution in [0, 0.1) is 0 Å². The van der Waals surface area contributed by atoms with E-state index in [1.807, 2.05) is 0 Å². The Morgan fingerprint density at radius 3 is 1.88 bits per heavy atom. The first-order valence-electron chi connectivity index (χ1n) is 8.13. The smallest absolute Gasteiger partial charge is 1.00 e. The predicted octanol–water partition coefficient (Wildman–Crippen LogP) is -0.0920. The summed E-state index contributed by atoms with van der Waals surface area (Å²) in [5.41, 5.74) is 0. The fourth-order valence-electron chi connectivity index (χ4n) is 2.15. The van der Waals surface area contributed by atoms with Gasteiger partial charge < -0.3 is 11.3 Å². The Morgan fingerprint density at radius 2 is 1.46 bits per heavy atom. The fourth-order valence-corrected chi connectivity index (χ4v) is 2.81. The molecule has 0 fully saturated rings. The van der Waals surface area contributed by atoms with Gasteiger partial charge in [-0.25, -0.2) is 0 Å². The van der Waals surface area contributed by atoms with Crippen LogP contribution in [0.5, 0.6) is 0 Å². The summed E-state index contributed by atoms with van der Waals surface area (Å²) in [6.45, 7) is 2.20. The van der Waals surface area contributed by atoms with Crippen molar-refractivity contribution in [3.8, 4) is 0 Å². The Bertz CT molecular complexity index is 457. The molecular weight excluding hydrogens is 363 g/mol. The molecule has 0 bridgehead atoms. The van der Waals surface area contributed by atoms with Crippen LogP contribution in [-0.2, 0) is 24.4 Å². The van der Waals surface area contributed by atoms with Gasteiger partial charge in [-0.15, -0.1) is 0 Å². The molecule has 0 aliphatic carbocycles. The number of carbonyl (C=O) groups excluding carboxylic acids is 1. The van der Waals surface area contributed by atoms with E-state index >= 15 is 0 Å². The van der Waals surface area contributed by atoms with E-state index in [-0.39, 0.29) is 59.4 Å². The van der Waals surface area contributed by atoms with Gasteiger partial charge in [0, 0.05) is 0 Å². The van der Waals surface area contributed by atoms with Crippen LogP contribution in [0.2, 0.25) is 0 Å². The number of esters is 1. The van der Waals surface area contributed by atoms with E-state index in [0.29, 0.717) is 6.42 Å². The van der Waals surface area contributed by atoms with Gasteiger partial charge >= 0.3 is 63.3 Å². The second-order valence-corrected chi connectivity index (χ2v) is 7.20. The van der Waals surface area contributed by atoms with Crippen molar-refractivity contribution < 1.29 is 85.2 Å². The molecule has 24 heavy (non-hydrogen) atoms. The maximum atomic E-state index is 11.5. The molecule has 1 atom stereocenters. The van der Waals surface area contributed by atoms with Gasteiger partial charge in [0.1, 0.15) is 0 Å². The molecule has 0 aromatic heterocycles. The monoisotopic (exact) mass is 392 g/mol. The minimum absolute atomic E-state index is 0. The van der Waals surface area contributed by atoms with E-state index in [0.717, 1.165) is 19.3 Å². The van der Waals surface area contributed by atoms with Crippen molar-refractivity contribution in [2.75, 3.05) is 6.61 Å². The predicted molar refractivity (Wildman–Crippen MR) is 86.9 cm³/mol. The van der Waals surface area contributed by atoms with Crippen LogP contribution in [0.3, 0.4) is 0 Å². The second-order valence-electron chi connectivity index (χ2n) is 5.60. The van der Waals surface area contributed by atoms with E-state index in [9.17, 15) is 18.0 Å². The molecule has 0 aromatic carbocycles. The maximum Gasteiger partial charge on any atom is 1.00 e. The summed E-state index contributed by atoms with van der Waals surface area (Å²) in [4.78, 5) is 22.1. The number of ether oxygens (including phenoxy) is 1. The summed E-state index contributed by atoms with van der Waals surface area (Å²) < 4.78 is 35.6. The number of aliphatic carboxylic acids is 1. The first-order valence-corrected chi connectivity index (χ1v) is 9.64. The normalized spacial score (nSPS) is 12.2. The number of rotatable bonds is 14. The van der Waals surface area contributed by atoms with Gasteiger partial charge in [0.2, 0.25) is 0 Å². The van der Waals surface area contributed by atoms with Crippen LogP contribution in [-0.4, -0.2) is 41.9 Å². The van der Waals surface area contributed by atoms with Gasteiger partial charge in [0.05, 0.1) is 13.0 Å². The third-order valence-corrected chi connectivity index (χ3v) is 4.55.